The summed E-state index contributed by atoms with van der Waals surface area (Å²) in [6.45, 7) is 8.23. The molecule has 1 amide bonds. The minimum atomic E-state index is -3.52. The fourth-order valence-corrected chi connectivity index (χ4v) is 3.41. The number of carbonyl (C=O) groups excluding carboxylic acids is 1. The van der Waals surface area contributed by atoms with Crippen LogP contribution in [0, 0.1) is 6.92 Å². The first-order valence-electron chi connectivity index (χ1n) is 8.87. The SMILES string of the molecule is Cc1ccccc1CN(CC(=O)Nc1ccc(C(C)(C)C)cc1)S(C)(=O)=O. The molecule has 0 aliphatic carbocycles. The van der Waals surface area contributed by atoms with Gasteiger partial charge in [-0.3, -0.25) is 4.79 Å². The molecule has 0 aliphatic rings. The molecule has 0 saturated carbocycles. The minimum Gasteiger partial charge on any atom is -0.325 e. The molecule has 0 atom stereocenters. The van der Waals surface area contributed by atoms with Crippen molar-refractivity contribution in [2.75, 3.05) is 18.1 Å². The third kappa shape index (κ3) is 6.19. The van der Waals surface area contributed by atoms with E-state index in [2.05, 4.69) is 26.1 Å². The first-order valence-corrected chi connectivity index (χ1v) is 10.7. The molecule has 0 saturated heterocycles. The predicted molar refractivity (Wildman–Crippen MR) is 110 cm³/mol. The van der Waals surface area contributed by atoms with Gasteiger partial charge < -0.3 is 5.32 Å². The molecule has 0 heterocycles. The van der Waals surface area contributed by atoms with E-state index < -0.39 is 10.0 Å². The summed E-state index contributed by atoms with van der Waals surface area (Å²) in [4.78, 5) is 12.4. The van der Waals surface area contributed by atoms with Crippen LogP contribution in [-0.2, 0) is 26.8 Å². The van der Waals surface area contributed by atoms with Gasteiger partial charge in [-0.25, -0.2) is 8.42 Å². The Kier molecular flexibility index (Phi) is 6.44. The van der Waals surface area contributed by atoms with Gasteiger partial charge in [0.05, 0.1) is 12.8 Å². The van der Waals surface area contributed by atoms with Crippen molar-refractivity contribution in [3.05, 3.63) is 65.2 Å². The van der Waals surface area contributed by atoms with Gasteiger partial charge in [-0.1, -0.05) is 57.2 Å². The Labute approximate surface area is 162 Å². The van der Waals surface area contributed by atoms with Crippen molar-refractivity contribution in [3.8, 4) is 0 Å². The van der Waals surface area contributed by atoms with E-state index in [-0.39, 0.29) is 24.4 Å². The van der Waals surface area contributed by atoms with Crippen molar-refractivity contribution in [1.82, 2.24) is 4.31 Å². The van der Waals surface area contributed by atoms with Crippen LogP contribution >= 0.6 is 0 Å². The highest BCUT2D eigenvalue weighted by atomic mass is 32.2. The molecular formula is C21H28N2O3S. The monoisotopic (exact) mass is 388 g/mol. The molecule has 2 aromatic carbocycles. The first-order chi connectivity index (χ1) is 12.5. The standard InChI is InChI=1S/C21H28N2O3S/c1-16-8-6-7-9-17(16)14-23(27(5,25)26)15-20(24)22-19-12-10-18(11-13-19)21(2,3)4/h6-13H,14-15H2,1-5H3,(H,22,24). The number of anilines is 1. The summed E-state index contributed by atoms with van der Waals surface area (Å²) < 4.78 is 25.5. The summed E-state index contributed by atoms with van der Waals surface area (Å²) in [6.07, 6.45) is 1.12. The van der Waals surface area contributed by atoms with Crippen molar-refractivity contribution in [2.45, 2.75) is 39.7 Å². The molecule has 0 bridgehead atoms. The summed E-state index contributed by atoms with van der Waals surface area (Å²) in [5, 5.41) is 2.78. The quantitative estimate of drug-likeness (QED) is 0.821. The van der Waals surface area contributed by atoms with Gasteiger partial charge in [-0.05, 0) is 41.2 Å². The smallest absolute Gasteiger partial charge is 0.239 e. The van der Waals surface area contributed by atoms with E-state index in [4.69, 9.17) is 0 Å². The summed E-state index contributed by atoms with van der Waals surface area (Å²) >= 11 is 0. The fraction of sp³-hybridized carbons (Fsp3) is 0.381. The molecule has 0 radical (unpaired) electrons. The van der Waals surface area contributed by atoms with Gasteiger partial charge in [0, 0.05) is 12.2 Å². The van der Waals surface area contributed by atoms with E-state index in [9.17, 15) is 13.2 Å². The number of hydrogen-bond donors (Lipinski definition) is 1. The zero-order chi connectivity index (χ0) is 20.2. The van der Waals surface area contributed by atoms with Crippen LogP contribution in [-0.4, -0.2) is 31.4 Å². The van der Waals surface area contributed by atoms with Crippen LogP contribution in [0.3, 0.4) is 0 Å². The highest BCUT2D eigenvalue weighted by Gasteiger charge is 2.21. The fourth-order valence-electron chi connectivity index (χ4n) is 2.68. The maximum Gasteiger partial charge on any atom is 0.239 e. The second-order valence-electron chi connectivity index (χ2n) is 7.83. The zero-order valence-electron chi connectivity index (χ0n) is 16.6. The highest BCUT2D eigenvalue weighted by molar-refractivity contribution is 7.88. The van der Waals surface area contributed by atoms with Gasteiger partial charge in [0.2, 0.25) is 15.9 Å². The van der Waals surface area contributed by atoms with E-state index in [0.717, 1.165) is 22.9 Å². The van der Waals surface area contributed by atoms with Crippen LogP contribution in [0.5, 0.6) is 0 Å². The van der Waals surface area contributed by atoms with Crippen molar-refractivity contribution >= 4 is 21.6 Å². The summed E-state index contributed by atoms with van der Waals surface area (Å²) in [5.74, 6) is -0.363. The number of aryl methyl sites for hydroxylation is 1. The predicted octanol–water partition coefficient (Wildman–Crippen LogP) is 3.69. The summed E-state index contributed by atoms with van der Waals surface area (Å²) in [6, 6.07) is 15.2. The Bertz CT molecular complexity index is 898. The van der Waals surface area contributed by atoms with Crippen LogP contribution < -0.4 is 5.32 Å². The normalized spacial score (nSPS) is 12.2. The Balaban J connectivity index is 2.09. The van der Waals surface area contributed by atoms with E-state index in [1.807, 2.05) is 55.5 Å². The number of nitrogens with zero attached hydrogens (tertiary/aromatic N) is 1. The number of hydrogen-bond acceptors (Lipinski definition) is 3. The Morgan fingerprint density at radius 1 is 1.04 bits per heavy atom. The van der Waals surface area contributed by atoms with Crippen LogP contribution in [0.4, 0.5) is 5.69 Å². The number of rotatable bonds is 6. The molecule has 0 unspecified atom stereocenters. The Morgan fingerprint density at radius 2 is 1.63 bits per heavy atom. The van der Waals surface area contributed by atoms with Crippen LogP contribution in [0.2, 0.25) is 0 Å². The van der Waals surface area contributed by atoms with Gasteiger partial charge in [-0.2, -0.15) is 4.31 Å². The maximum absolute atomic E-state index is 12.4. The lowest BCUT2D eigenvalue weighted by atomic mass is 9.87. The maximum atomic E-state index is 12.4. The highest BCUT2D eigenvalue weighted by Crippen LogP contribution is 2.23. The van der Waals surface area contributed by atoms with Crippen molar-refractivity contribution in [1.29, 1.82) is 0 Å². The van der Waals surface area contributed by atoms with E-state index >= 15 is 0 Å². The molecule has 0 spiro atoms. The van der Waals surface area contributed by atoms with Gasteiger partial charge in [0.1, 0.15) is 0 Å². The minimum absolute atomic E-state index is 0.0309. The number of amides is 1. The molecule has 0 aliphatic heterocycles. The topological polar surface area (TPSA) is 66.5 Å². The average Bonchev–Trinajstić information content (AvgIpc) is 2.55. The van der Waals surface area contributed by atoms with E-state index in [1.165, 1.54) is 4.31 Å². The third-order valence-electron chi connectivity index (χ3n) is 4.43. The number of benzene rings is 2. The zero-order valence-corrected chi connectivity index (χ0v) is 17.4. The Morgan fingerprint density at radius 3 is 2.15 bits per heavy atom. The summed E-state index contributed by atoms with van der Waals surface area (Å²) in [5.41, 5.74) is 3.72. The van der Waals surface area contributed by atoms with Crippen LogP contribution in [0.15, 0.2) is 48.5 Å². The lowest BCUT2D eigenvalue weighted by Crippen LogP contribution is -2.37. The molecular weight excluding hydrogens is 360 g/mol. The molecule has 2 rings (SSSR count). The average molecular weight is 389 g/mol. The van der Waals surface area contributed by atoms with Gasteiger partial charge in [-0.15, -0.1) is 0 Å². The lowest BCUT2D eigenvalue weighted by molar-refractivity contribution is -0.116. The Hall–Kier alpha value is -2.18. The largest absolute Gasteiger partial charge is 0.325 e. The molecule has 146 valence electrons. The van der Waals surface area contributed by atoms with Gasteiger partial charge >= 0.3 is 0 Å². The van der Waals surface area contributed by atoms with Crippen molar-refractivity contribution in [3.63, 3.8) is 0 Å². The molecule has 2 aromatic rings. The molecule has 5 nitrogen and oxygen atoms in total. The van der Waals surface area contributed by atoms with Gasteiger partial charge in [0.25, 0.3) is 0 Å². The van der Waals surface area contributed by atoms with Crippen LogP contribution in [0.25, 0.3) is 0 Å². The third-order valence-corrected chi connectivity index (χ3v) is 5.63. The lowest BCUT2D eigenvalue weighted by Gasteiger charge is -2.21. The van der Waals surface area contributed by atoms with E-state index in [1.54, 1.807) is 0 Å². The number of carbonyl (C=O) groups is 1. The second-order valence-corrected chi connectivity index (χ2v) is 9.82. The molecule has 0 aromatic heterocycles. The molecule has 27 heavy (non-hydrogen) atoms. The molecule has 6 heteroatoms. The molecule has 0 fully saturated rings. The van der Waals surface area contributed by atoms with Gasteiger partial charge in [0.15, 0.2) is 0 Å². The number of sulfonamides is 1. The number of nitrogens with one attached hydrogen (secondary N) is 1. The van der Waals surface area contributed by atoms with E-state index in [0.29, 0.717) is 5.69 Å². The first kappa shape index (κ1) is 21.1. The van der Waals surface area contributed by atoms with Crippen LogP contribution in [0.1, 0.15) is 37.5 Å². The van der Waals surface area contributed by atoms with Crippen molar-refractivity contribution < 1.29 is 13.2 Å². The van der Waals surface area contributed by atoms with Crippen molar-refractivity contribution in [2.24, 2.45) is 0 Å². The second kappa shape index (κ2) is 8.23. The summed E-state index contributed by atoms with van der Waals surface area (Å²) in [7, 11) is -3.52. The molecule has 1 N–H and O–H groups in total.